The molecule has 0 aliphatic heterocycles. The van der Waals surface area contributed by atoms with Crippen LogP contribution in [0.25, 0.3) is 3.58 Å². The van der Waals surface area contributed by atoms with E-state index in [-0.39, 0.29) is 0 Å². The van der Waals surface area contributed by atoms with Gasteiger partial charge in [-0.2, -0.15) is 0 Å². The van der Waals surface area contributed by atoms with Crippen molar-refractivity contribution in [2.75, 3.05) is 5.75 Å². The SMILES string of the molecule is CC(C)(C)S(=O)(=O)CC1CCC(C2=C(I)c3nc(Cl)ccc3C2)CC1. The fraction of sp³-hybridized carbons (Fsp3) is 0.632. The summed E-state index contributed by atoms with van der Waals surface area (Å²) in [4.78, 5) is 4.49. The maximum Gasteiger partial charge on any atom is 0.155 e. The summed E-state index contributed by atoms with van der Waals surface area (Å²) in [6.07, 6.45) is 5.12. The third-order valence-electron chi connectivity index (χ3n) is 5.54. The van der Waals surface area contributed by atoms with Gasteiger partial charge in [0.1, 0.15) is 5.15 Å². The predicted molar refractivity (Wildman–Crippen MR) is 113 cm³/mol. The van der Waals surface area contributed by atoms with Crippen LogP contribution in [-0.2, 0) is 16.3 Å². The molecule has 25 heavy (non-hydrogen) atoms. The van der Waals surface area contributed by atoms with Crippen molar-refractivity contribution in [1.82, 2.24) is 4.98 Å². The average Bonchev–Trinajstić information content (AvgIpc) is 2.83. The van der Waals surface area contributed by atoms with Crippen molar-refractivity contribution in [2.24, 2.45) is 11.8 Å². The maximum absolute atomic E-state index is 12.5. The number of hydrogen-bond acceptors (Lipinski definition) is 3. The lowest BCUT2D eigenvalue weighted by atomic mass is 9.78. The van der Waals surface area contributed by atoms with E-state index >= 15 is 0 Å². The molecular formula is C19H25ClINO2S. The van der Waals surface area contributed by atoms with Gasteiger partial charge >= 0.3 is 0 Å². The van der Waals surface area contributed by atoms with Crippen LogP contribution in [0.3, 0.4) is 0 Å². The van der Waals surface area contributed by atoms with E-state index in [0.29, 0.717) is 22.7 Å². The zero-order valence-electron chi connectivity index (χ0n) is 15.0. The molecule has 1 aromatic rings. The predicted octanol–water partition coefficient (Wildman–Crippen LogP) is 5.46. The Labute approximate surface area is 169 Å². The van der Waals surface area contributed by atoms with Crippen LogP contribution < -0.4 is 0 Å². The Hall–Kier alpha value is -0.140. The van der Waals surface area contributed by atoms with Crippen LogP contribution in [0.5, 0.6) is 0 Å². The number of rotatable bonds is 3. The molecule has 0 bridgehead atoms. The van der Waals surface area contributed by atoms with Crippen molar-refractivity contribution in [2.45, 2.75) is 57.6 Å². The minimum Gasteiger partial charge on any atom is -0.235 e. The Kier molecular flexibility index (Phi) is 5.58. The third kappa shape index (κ3) is 4.08. The number of hydrogen-bond donors (Lipinski definition) is 0. The third-order valence-corrected chi connectivity index (χ3v) is 9.73. The Morgan fingerprint density at radius 1 is 1.20 bits per heavy atom. The molecule has 2 aliphatic rings. The summed E-state index contributed by atoms with van der Waals surface area (Å²) in [6, 6.07) is 3.94. The first kappa shape index (κ1) is 19.6. The van der Waals surface area contributed by atoms with E-state index < -0.39 is 14.6 Å². The Bertz CT molecular complexity index is 803. The van der Waals surface area contributed by atoms with E-state index in [1.807, 2.05) is 6.07 Å². The Balaban J connectivity index is 1.66. The lowest BCUT2D eigenvalue weighted by Gasteiger charge is -2.31. The second-order valence-electron chi connectivity index (χ2n) is 8.27. The number of halogens is 2. The normalized spacial score (nSPS) is 24.5. The lowest BCUT2D eigenvalue weighted by Crippen LogP contribution is -2.34. The molecule has 2 aliphatic carbocycles. The van der Waals surface area contributed by atoms with Gasteiger partial charge in [-0.3, -0.25) is 0 Å². The monoisotopic (exact) mass is 493 g/mol. The summed E-state index contributed by atoms with van der Waals surface area (Å²) < 4.78 is 25.5. The first-order chi connectivity index (χ1) is 11.6. The van der Waals surface area contributed by atoms with Crippen LogP contribution in [0, 0.1) is 11.8 Å². The van der Waals surface area contributed by atoms with Crippen LogP contribution in [-0.4, -0.2) is 23.9 Å². The minimum absolute atomic E-state index is 0.301. The maximum atomic E-state index is 12.5. The number of sulfone groups is 1. The molecule has 1 saturated carbocycles. The van der Waals surface area contributed by atoms with Gasteiger partial charge in [-0.1, -0.05) is 17.7 Å². The minimum atomic E-state index is -3.03. The largest absolute Gasteiger partial charge is 0.235 e. The number of pyridine rings is 1. The van der Waals surface area contributed by atoms with Gasteiger partial charge < -0.3 is 0 Å². The fourth-order valence-corrected chi connectivity index (χ4v) is 6.49. The summed E-state index contributed by atoms with van der Waals surface area (Å²) in [5, 5.41) is 0.547. The van der Waals surface area contributed by atoms with E-state index in [4.69, 9.17) is 11.6 Å². The summed E-state index contributed by atoms with van der Waals surface area (Å²) in [7, 11) is -3.03. The van der Waals surface area contributed by atoms with Gasteiger partial charge in [-0.15, -0.1) is 0 Å². The van der Waals surface area contributed by atoms with E-state index in [1.165, 1.54) is 14.7 Å². The summed E-state index contributed by atoms with van der Waals surface area (Å²) in [5.74, 6) is 1.18. The van der Waals surface area contributed by atoms with Crippen molar-refractivity contribution in [3.8, 4) is 0 Å². The molecule has 0 radical (unpaired) electrons. The van der Waals surface area contributed by atoms with Crippen molar-refractivity contribution in [3.63, 3.8) is 0 Å². The highest BCUT2D eigenvalue weighted by Crippen LogP contribution is 2.45. The van der Waals surface area contributed by atoms with Gasteiger partial charge in [0.05, 0.1) is 16.2 Å². The van der Waals surface area contributed by atoms with Gasteiger partial charge in [0.2, 0.25) is 0 Å². The molecule has 6 heteroatoms. The van der Waals surface area contributed by atoms with Crippen molar-refractivity contribution in [1.29, 1.82) is 0 Å². The molecule has 1 heterocycles. The number of fused-ring (bicyclic) bond motifs is 1. The first-order valence-corrected chi connectivity index (χ1v) is 12.0. The molecule has 0 saturated heterocycles. The summed E-state index contributed by atoms with van der Waals surface area (Å²) in [6.45, 7) is 5.40. The van der Waals surface area contributed by atoms with Crippen LogP contribution in [0.2, 0.25) is 5.15 Å². The van der Waals surface area contributed by atoms with E-state index in [9.17, 15) is 8.42 Å². The van der Waals surface area contributed by atoms with Crippen LogP contribution in [0.15, 0.2) is 17.7 Å². The van der Waals surface area contributed by atoms with Gasteiger partial charge in [-0.25, -0.2) is 13.4 Å². The zero-order chi connectivity index (χ0) is 18.4. The van der Waals surface area contributed by atoms with Gasteiger partial charge in [-0.05, 0) is 105 Å². The smallest absolute Gasteiger partial charge is 0.155 e. The van der Waals surface area contributed by atoms with Gasteiger partial charge in [0.25, 0.3) is 0 Å². The highest BCUT2D eigenvalue weighted by molar-refractivity contribution is 14.1. The summed E-state index contributed by atoms with van der Waals surface area (Å²) >= 11 is 8.45. The quantitative estimate of drug-likeness (QED) is 0.415. The molecule has 3 nitrogen and oxygen atoms in total. The van der Waals surface area contributed by atoms with Crippen molar-refractivity contribution >= 4 is 47.6 Å². The summed E-state index contributed by atoms with van der Waals surface area (Å²) in [5.41, 5.74) is 3.78. The number of nitrogens with zero attached hydrogens (tertiary/aromatic N) is 1. The molecule has 3 rings (SSSR count). The standard InChI is InChI=1S/C19H25ClINO2S/c1-19(2,3)25(23,24)11-12-4-6-13(7-5-12)15-10-14-8-9-16(20)22-18(14)17(15)21/h8-9,12-13H,4-7,10-11H2,1-3H3. The molecule has 1 fully saturated rings. The molecule has 0 N–H and O–H groups in total. The molecule has 0 spiro atoms. The second kappa shape index (κ2) is 7.12. The number of allylic oxidation sites excluding steroid dienone is 1. The van der Waals surface area contributed by atoms with Crippen LogP contribution in [0.4, 0.5) is 0 Å². The average molecular weight is 494 g/mol. The highest BCUT2D eigenvalue weighted by Gasteiger charge is 2.35. The molecule has 0 aromatic carbocycles. The fourth-order valence-electron chi connectivity index (χ4n) is 3.79. The first-order valence-electron chi connectivity index (χ1n) is 8.85. The molecule has 1 aromatic heterocycles. The van der Waals surface area contributed by atoms with E-state index in [2.05, 4.69) is 33.6 Å². The van der Waals surface area contributed by atoms with Crippen LogP contribution >= 0.6 is 34.2 Å². The highest BCUT2D eigenvalue weighted by atomic mass is 127. The molecule has 0 unspecified atom stereocenters. The van der Waals surface area contributed by atoms with Gasteiger partial charge in [0.15, 0.2) is 9.84 Å². The van der Waals surface area contributed by atoms with E-state index in [1.54, 1.807) is 20.8 Å². The van der Waals surface area contributed by atoms with Crippen LogP contribution in [0.1, 0.15) is 57.7 Å². The second-order valence-corrected chi connectivity index (χ2v) is 12.5. The Morgan fingerprint density at radius 2 is 1.84 bits per heavy atom. The van der Waals surface area contributed by atoms with Crippen molar-refractivity contribution in [3.05, 3.63) is 34.1 Å². The molecule has 138 valence electrons. The topological polar surface area (TPSA) is 47.0 Å². The van der Waals surface area contributed by atoms with Crippen molar-refractivity contribution < 1.29 is 8.42 Å². The van der Waals surface area contributed by atoms with Gasteiger partial charge in [0, 0.05) is 3.58 Å². The van der Waals surface area contributed by atoms with E-state index in [0.717, 1.165) is 37.8 Å². The molecule has 0 amide bonds. The molecule has 0 atom stereocenters. The Morgan fingerprint density at radius 3 is 2.44 bits per heavy atom. The number of aromatic nitrogens is 1. The lowest BCUT2D eigenvalue weighted by molar-refractivity contribution is 0.319. The molecular weight excluding hydrogens is 469 g/mol. The zero-order valence-corrected chi connectivity index (χ0v) is 18.7.